The monoisotopic (exact) mass is 298 g/mol. The molecule has 0 bridgehead atoms. The maximum atomic E-state index is 10.4. The lowest BCUT2D eigenvalue weighted by atomic mass is 10.1. The van der Waals surface area contributed by atoms with E-state index in [1.54, 1.807) is 19.2 Å². The van der Waals surface area contributed by atoms with Crippen LogP contribution in [0.15, 0.2) is 42.5 Å². The molecule has 0 heterocycles. The van der Waals surface area contributed by atoms with Gasteiger partial charge in [-0.1, -0.05) is 30.0 Å². The fraction of sp³-hybridized carbons (Fsp3) is 0.222. The van der Waals surface area contributed by atoms with Gasteiger partial charge in [-0.3, -0.25) is 0 Å². The first kappa shape index (κ1) is 15.7. The van der Waals surface area contributed by atoms with Gasteiger partial charge in [-0.25, -0.2) is 0 Å². The van der Waals surface area contributed by atoms with Gasteiger partial charge in [0.15, 0.2) is 0 Å². The lowest BCUT2D eigenvalue weighted by Gasteiger charge is -2.16. The Morgan fingerprint density at radius 1 is 0.909 bits per heavy atom. The van der Waals surface area contributed by atoms with E-state index >= 15 is 0 Å². The number of aliphatic hydroxyl groups excluding tert-OH is 1. The van der Waals surface area contributed by atoms with Gasteiger partial charge in [0.2, 0.25) is 0 Å². The highest BCUT2D eigenvalue weighted by atomic mass is 16.5. The summed E-state index contributed by atoms with van der Waals surface area (Å²) >= 11 is 0. The molecule has 22 heavy (non-hydrogen) atoms. The molecule has 4 nitrogen and oxygen atoms in total. The van der Waals surface area contributed by atoms with Crippen molar-refractivity contribution < 1.29 is 19.3 Å². The Morgan fingerprint density at radius 3 is 2.00 bits per heavy atom. The average Bonchev–Trinajstić information content (AvgIpc) is 2.59. The van der Waals surface area contributed by atoms with Crippen LogP contribution in [-0.2, 0) is 0 Å². The second-order valence-electron chi connectivity index (χ2n) is 4.48. The van der Waals surface area contributed by atoms with E-state index in [1.807, 2.05) is 30.3 Å². The Bertz CT molecular complexity index is 658. The summed E-state index contributed by atoms with van der Waals surface area (Å²) in [5.74, 6) is 7.25. The summed E-state index contributed by atoms with van der Waals surface area (Å²) in [5, 5.41) is 10.4. The minimum absolute atomic E-state index is 0.464. The zero-order chi connectivity index (χ0) is 15.9. The first-order chi connectivity index (χ1) is 10.7. The van der Waals surface area contributed by atoms with Crippen LogP contribution < -0.4 is 14.2 Å². The quantitative estimate of drug-likeness (QED) is 0.882. The van der Waals surface area contributed by atoms with Crippen molar-refractivity contribution >= 4 is 0 Å². The minimum Gasteiger partial charge on any atom is -0.496 e. The predicted molar refractivity (Wildman–Crippen MR) is 84.4 cm³/mol. The van der Waals surface area contributed by atoms with Gasteiger partial charge in [-0.05, 0) is 12.1 Å². The number of methoxy groups -OCH3 is 3. The fourth-order valence-electron chi connectivity index (χ4n) is 2.05. The van der Waals surface area contributed by atoms with Gasteiger partial charge < -0.3 is 19.3 Å². The Morgan fingerprint density at radius 2 is 1.50 bits per heavy atom. The van der Waals surface area contributed by atoms with E-state index in [9.17, 15) is 5.11 Å². The molecule has 114 valence electrons. The molecule has 4 heteroatoms. The second kappa shape index (κ2) is 7.39. The van der Waals surface area contributed by atoms with Crippen LogP contribution >= 0.6 is 0 Å². The molecule has 2 aromatic rings. The summed E-state index contributed by atoms with van der Waals surface area (Å²) in [5.41, 5.74) is 1.31. The largest absolute Gasteiger partial charge is 0.496 e. The number of ether oxygens (including phenoxy) is 3. The van der Waals surface area contributed by atoms with Crippen LogP contribution in [0.2, 0.25) is 0 Å². The summed E-state index contributed by atoms with van der Waals surface area (Å²) in [6.07, 6.45) is -1.03. The van der Waals surface area contributed by atoms with Gasteiger partial charge in [-0.2, -0.15) is 0 Å². The summed E-state index contributed by atoms with van der Waals surface area (Å²) in [6.45, 7) is 0. The molecule has 0 aliphatic heterocycles. The van der Waals surface area contributed by atoms with Crippen molar-refractivity contribution in [1.29, 1.82) is 0 Å². The van der Waals surface area contributed by atoms with E-state index in [-0.39, 0.29) is 0 Å². The Balaban J connectivity index is 2.40. The van der Waals surface area contributed by atoms with E-state index < -0.39 is 6.10 Å². The summed E-state index contributed by atoms with van der Waals surface area (Å²) in [7, 11) is 4.60. The first-order valence-electron chi connectivity index (χ1n) is 6.74. The molecular weight excluding hydrogens is 280 g/mol. The number of benzene rings is 2. The molecule has 0 unspecified atom stereocenters. The van der Waals surface area contributed by atoms with Crippen LogP contribution in [0.3, 0.4) is 0 Å². The third-order valence-corrected chi connectivity index (χ3v) is 3.15. The Kier molecular flexibility index (Phi) is 5.29. The number of hydrogen-bond acceptors (Lipinski definition) is 4. The fourth-order valence-corrected chi connectivity index (χ4v) is 2.05. The van der Waals surface area contributed by atoms with Gasteiger partial charge in [0.05, 0.1) is 26.9 Å². The van der Waals surface area contributed by atoms with Gasteiger partial charge in [0.1, 0.15) is 23.4 Å². The van der Waals surface area contributed by atoms with Gasteiger partial charge >= 0.3 is 0 Å². The summed E-state index contributed by atoms with van der Waals surface area (Å²) in [6, 6.07) is 12.8. The number of hydrogen-bond donors (Lipinski definition) is 1. The van der Waals surface area contributed by atoms with E-state index in [2.05, 4.69) is 11.8 Å². The lowest BCUT2D eigenvalue weighted by molar-refractivity contribution is 0.225. The molecular formula is C18H18O4. The smallest absolute Gasteiger partial charge is 0.147 e. The lowest BCUT2D eigenvalue weighted by Crippen LogP contribution is -2.03. The van der Waals surface area contributed by atoms with E-state index in [1.165, 1.54) is 14.2 Å². The molecule has 2 aromatic carbocycles. The molecule has 0 amide bonds. The maximum absolute atomic E-state index is 10.4. The molecule has 0 saturated heterocycles. The van der Waals surface area contributed by atoms with E-state index in [0.717, 1.165) is 5.56 Å². The normalized spacial score (nSPS) is 11.1. The topological polar surface area (TPSA) is 47.9 Å². The van der Waals surface area contributed by atoms with Gasteiger partial charge in [0.25, 0.3) is 0 Å². The van der Waals surface area contributed by atoms with Gasteiger partial charge in [-0.15, -0.1) is 0 Å². The molecule has 0 saturated carbocycles. The number of rotatable bonds is 4. The Labute approximate surface area is 130 Å². The first-order valence-corrected chi connectivity index (χ1v) is 6.74. The molecule has 0 aromatic heterocycles. The highest BCUT2D eigenvalue weighted by molar-refractivity contribution is 5.54. The van der Waals surface area contributed by atoms with Gasteiger partial charge in [0, 0.05) is 17.7 Å². The second-order valence-corrected chi connectivity index (χ2v) is 4.48. The predicted octanol–water partition coefficient (Wildman–Crippen LogP) is 2.80. The standard InChI is InChI=1S/C18H18O4/c1-20-14-11-16(21-2)18(17(12-14)22-3)15(19)10-9-13-7-5-4-6-8-13/h4-8,11-12,15,19H,1-3H3/t15-/m1/s1. The van der Waals surface area contributed by atoms with Crippen molar-refractivity contribution in [3.63, 3.8) is 0 Å². The molecule has 0 radical (unpaired) electrons. The van der Waals surface area contributed by atoms with E-state index in [4.69, 9.17) is 14.2 Å². The summed E-state index contributed by atoms with van der Waals surface area (Å²) < 4.78 is 15.8. The zero-order valence-corrected chi connectivity index (χ0v) is 12.8. The minimum atomic E-state index is -1.03. The van der Waals surface area contributed by atoms with Crippen LogP contribution in [0.5, 0.6) is 17.2 Å². The average molecular weight is 298 g/mol. The van der Waals surface area contributed by atoms with E-state index in [0.29, 0.717) is 22.8 Å². The SMILES string of the molecule is COc1cc(OC)c([C@H](O)C#Cc2ccccc2)c(OC)c1. The molecule has 0 aliphatic rings. The van der Waals surface area contributed by atoms with Crippen molar-refractivity contribution in [3.8, 4) is 29.1 Å². The molecule has 0 aliphatic carbocycles. The van der Waals surface area contributed by atoms with Crippen molar-refractivity contribution in [2.24, 2.45) is 0 Å². The number of aliphatic hydroxyl groups is 1. The third-order valence-electron chi connectivity index (χ3n) is 3.15. The van der Waals surface area contributed by atoms with Crippen molar-refractivity contribution in [2.45, 2.75) is 6.10 Å². The Hall–Kier alpha value is -2.64. The van der Waals surface area contributed by atoms with Crippen LogP contribution in [0.1, 0.15) is 17.2 Å². The van der Waals surface area contributed by atoms with Crippen LogP contribution in [-0.4, -0.2) is 26.4 Å². The zero-order valence-electron chi connectivity index (χ0n) is 12.8. The maximum Gasteiger partial charge on any atom is 0.147 e. The highest BCUT2D eigenvalue weighted by Crippen LogP contribution is 2.38. The van der Waals surface area contributed by atoms with Crippen LogP contribution in [0.4, 0.5) is 0 Å². The highest BCUT2D eigenvalue weighted by Gasteiger charge is 2.19. The van der Waals surface area contributed by atoms with Crippen molar-refractivity contribution in [3.05, 3.63) is 53.6 Å². The summed E-state index contributed by atoms with van der Waals surface area (Å²) in [4.78, 5) is 0. The van der Waals surface area contributed by atoms with Crippen molar-refractivity contribution in [2.75, 3.05) is 21.3 Å². The van der Waals surface area contributed by atoms with Crippen LogP contribution in [0.25, 0.3) is 0 Å². The van der Waals surface area contributed by atoms with Crippen molar-refractivity contribution in [1.82, 2.24) is 0 Å². The van der Waals surface area contributed by atoms with Crippen LogP contribution in [0, 0.1) is 11.8 Å². The molecule has 0 spiro atoms. The molecule has 1 N–H and O–H groups in total. The molecule has 2 rings (SSSR count). The third kappa shape index (κ3) is 3.51. The molecule has 1 atom stereocenters. The molecule has 0 fully saturated rings.